The van der Waals surface area contributed by atoms with Gasteiger partial charge < -0.3 is 10.4 Å². The van der Waals surface area contributed by atoms with Crippen molar-refractivity contribution >= 4 is 5.91 Å². The molecule has 0 aliphatic carbocycles. The molecular weight excluding hydrogens is 386 g/mol. The minimum absolute atomic E-state index is 0.105. The van der Waals surface area contributed by atoms with Crippen LogP contribution in [0, 0.1) is 5.82 Å². The summed E-state index contributed by atoms with van der Waals surface area (Å²) in [5.41, 5.74) is 0.865. The third kappa shape index (κ3) is 5.00. The highest BCUT2D eigenvalue weighted by atomic mass is 19.4. The van der Waals surface area contributed by atoms with Gasteiger partial charge in [-0.3, -0.25) is 4.79 Å². The monoisotopic (exact) mass is 403 g/mol. The van der Waals surface area contributed by atoms with Crippen LogP contribution in [0.5, 0.6) is 0 Å². The summed E-state index contributed by atoms with van der Waals surface area (Å²) < 4.78 is 51.2. The topological polar surface area (TPSA) is 49.3 Å². The lowest BCUT2D eigenvalue weighted by molar-refractivity contribution is -0.137. The fraction of sp³-hybridized carbons (Fsp3) is 0.136. The maximum atomic E-state index is 13.0. The van der Waals surface area contributed by atoms with Crippen molar-refractivity contribution < 1.29 is 27.5 Å². The number of aliphatic hydroxyl groups is 1. The van der Waals surface area contributed by atoms with Crippen molar-refractivity contribution in [1.82, 2.24) is 5.32 Å². The lowest BCUT2D eigenvalue weighted by atomic mass is 9.98. The zero-order valence-corrected chi connectivity index (χ0v) is 15.1. The molecule has 1 unspecified atom stereocenters. The van der Waals surface area contributed by atoms with Gasteiger partial charge in [-0.05, 0) is 47.0 Å². The number of carbonyl (C=O) groups is 1. The summed E-state index contributed by atoms with van der Waals surface area (Å²) in [6.07, 6.45) is -5.47. The molecule has 0 saturated carbocycles. The Hall–Kier alpha value is -3.19. The summed E-state index contributed by atoms with van der Waals surface area (Å²) in [6, 6.07) is 16.3. The van der Waals surface area contributed by atoms with Crippen LogP contribution in [0.3, 0.4) is 0 Å². The first-order valence-corrected chi connectivity index (χ1v) is 8.74. The maximum Gasteiger partial charge on any atom is 0.416 e. The first-order valence-electron chi connectivity index (χ1n) is 8.74. The van der Waals surface area contributed by atoms with E-state index < -0.39 is 29.6 Å². The molecule has 0 radical (unpaired) electrons. The number of aliphatic hydroxyl groups excluding tert-OH is 1. The molecule has 0 fully saturated rings. The molecule has 0 spiro atoms. The molecule has 0 aliphatic heterocycles. The molecule has 3 aromatic carbocycles. The fourth-order valence-corrected chi connectivity index (χ4v) is 2.86. The molecule has 1 atom stereocenters. The van der Waals surface area contributed by atoms with Crippen LogP contribution in [-0.2, 0) is 6.18 Å². The van der Waals surface area contributed by atoms with Crippen LogP contribution >= 0.6 is 0 Å². The average molecular weight is 403 g/mol. The Morgan fingerprint density at radius 2 is 1.55 bits per heavy atom. The number of halogens is 4. The minimum atomic E-state index is -4.44. The third-order valence-corrected chi connectivity index (χ3v) is 4.41. The molecule has 1 amide bonds. The summed E-state index contributed by atoms with van der Waals surface area (Å²) in [5.74, 6) is -0.919. The smallest absolute Gasteiger partial charge is 0.387 e. The molecule has 29 heavy (non-hydrogen) atoms. The van der Waals surface area contributed by atoms with E-state index in [-0.39, 0.29) is 12.1 Å². The number of benzene rings is 3. The predicted octanol–water partition coefficient (Wildman–Crippen LogP) is 4.97. The molecule has 3 aromatic rings. The van der Waals surface area contributed by atoms with Crippen LogP contribution in [0.1, 0.15) is 27.6 Å². The van der Waals surface area contributed by atoms with E-state index in [4.69, 9.17) is 0 Å². The van der Waals surface area contributed by atoms with Gasteiger partial charge in [0.2, 0.25) is 0 Å². The molecule has 7 heteroatoms. The van der Waals surface area contributed by atoms with Gasteiger partial charge >= 0.3 is 6.18 Å². The molecule has 0 aromatic heterocycles. The Morgan fingerprint density at radius 1 is 0.931 bits per heavy atom. The molecule has 0 bridgehead atoms. The molecule has 2 N–H and O–H groups in total. The Kier molecular flexibility index (Phi) is 5.98. The summed E-state index contributed by atoms with van der Waals surface area (Å²) in [7, 11) is 0. The molecule has 3 nitrogen and oxygen atoms in total. The average Bonchev–Trinajstić information content (AvgIpc) is 2.72. The Balaban J connectivity index is 1.76. The number of hydrogen-bond acceptors (Lipinski definition) is 2. The Bertz CT molecular complexity index is 983. The van der Waals surface area contributed by atoms with Gasteiger partial charge in [0.1, 0.15) is 5.82 Å². The zero-order chi connectivity index (χ0) is 21.0. The number of amides is 1. The number of carbonyl (C=O) groups excluding carboxylic acids is 1. The lowest BCUT2D eigenvalue weighted by Gasteiger charge is -2.14. The van der Waals surface area contributed by atoms with Crippen LogP contribution in [0.15, 0.2) is 72.8 Å². The van der Waals surface area contributed by atoms with Crippen LogP contribution in [0.25, 0.3) is 11.1 Å². The van der Waals surface area contributed by atoms with Crippen molar-refractivity contribution in [2.24, 2.45) is 0 Å². The fourth-order valence-electron chi connectivity index (χ4n) is 2.86. The predicted molar refractivity (Wildman–Crippen MR) is 101 cm³/mol. The van der Waals surface area contributed by atoms with Crippen LogP contribution in [0.4, 0.5) is 17.6 Å². The normalized spacial score (nSPS) is 12.4. The van der Waals surface area contributed by atoms with Gasteiger partial charge in [0, 0.05) is 12.1 Å². The van der Waals surface area contributed by atoms with Crippen molar-refractivity contribution in [2.75, 3.05) is 6.54 Å². The van der Waals surface area contributed by atoms with Crippen LogP contribution < -0.4 is 5.32 Å². The number of alkyl halides is 3. The van der Waals surface area contributed by atoms with E-state index in [2.05, 4.69) is 5.32 Å². The molecular formula is C22H17F4NO2. The van der Waals surface area contributed by atoms with Gasteiger partial charge in [0.25, 0.3) is 5.91 Å². The van der Waals surface area contributed by atoms with Gasteiger partial charge in [-0.2, -0.15) is 13.2 Å². The highest BCUT2D eigenvalue weighted by molar-refractivity contribution is 6.00. The SMILES string of the molecule is O=C(NCC(O)c1ccc(F)cc1)c1ccccc1-c1ccc(C(F)(F)F)cc1. The van der Waals surface area contributed by atoms with E-state index in [9.17, 15) is 27.5 Å². The summed E-state index contributed by atoms with van der Waals surface area (Å²) in [6.45, 7) is -0.105. The van der Waals surface area contributed by atoms with Crippen molar-refractivity contribution in [3.05, 3.63) is 95.3 Å². The van der Waals surface area contributed by atoms with E-state index in [1.165, 1.54) is 36.4 Å². The van der Waals surface area contributed by atoms with Gasteiger partial charge in [0.05, 0.1) is 11.7 Å². The van der Waals surface area contributed by atoms with Crippen molar-refractivity contribution in [1.29, 1.82) is 0 Å². The van der Waals surface area contributed by atoms with Crippen molar-refractivity contribution in [2.45, 2.75) is 12.3 Å². The second kappa shape index (κ2) is 8.45. The summed E-state index contributed by atoms with van der Waals surface area (Å²) in [5, 5.41) is 12.8. The standard InChI is InChI=1S/C22H17F4NO2/c23-17-11-7-15(8-12-17)20(28)13-27-21(29)19-4-2-1-3-18(19)14-5-9-16(10-6-14)22(24,25)26/h1-12,20,28H,13H2,(H,27,29). The Labute approximate surface area is 164 Å². The van der Waals surface area contributed by atoms with Gasteiger partial charge in [-0.15, -0.1) is 0 Å². The van der Waals surface area contributed by atoms with E-state index in [0.29, 0.717) is 16.7 Å². The van der Waals surface area contributed by atoms with E-state index in [1.807, 2.05) is 0 Å². The summed E-state index contributed by atoms with van der Waals surface area (Å²) in [4.78, 5) is 12.6. The molecule has 3 rings (SSSR count). The van der Waals surface area contributed by atoms with E-state index >= 15 is 0 Å². The Morgan fingerprint density at radius 3 is 2.17 bits per heavy atom. The van der Waals surface area contributed by atoms with Gasteiger partial charge in [0.15, 0.2) is 0 Å². The largest absolute Gasteiger partial charge is 0.416 e. The maximum absolute atomic E-state index is 13.0. The molecule has 0 aliphatic rings. The van der Waals surface area contributed by atoms with Gasteiger partial charge in [-0.1, -0.05) is 42.5 Å². The second-order valence-corrected chi connectivity index (χ2v) is 6.40. The van der Waals surface area contributed by atoms with E-state index in [0.717, 1.165) is 12.1 Å². The van der Waals surface area contributed by atoms with Crippen LogP contribution in [-0.4, -0.2) is 17.6 Å². The molecule has 150 valence electrons. The highest BCUT2D eigenvalue weighted by Gasteiger charge is 2.30. The quantitative estimate of drug-likeness (QED) is 0.591. The van der Waals surface area contributed by atoms with Crippen molar-refractivity contribution in [3.63, 3.8) is 0 Å². The number of nitrogens with one attached hydrogen (secondary N) is 1. The highest BCUT2D eigenvalue weighted by Crippen LogP contribution is 2.31. The molecule has 0 heterocycles. The second-order valence-electron chi connectivity index (χ2n) is 6.40. The minimum Gasteiger partial charge on any atom is -0.387 e. The van der Waals surface area contributed by atoms with Gasteiger partial charge in [-0.25, -0.2) is 4.39 Å². The van der Waals surface area contributed by atoms with Crippen LogP contribution in [0.2, 0.25) is 0 Å². The first-order chi connectivity index (χ1) is 13.8. The zero-order valence-electron chi connectivity index (χ0n) is 15.1. The molecule has 0 saturated heterocycles. The number of rotatable bonds is 5. The first kappa shape index (κ1) is 20.5. The third-order valence-electron chi connectivity index (χ3n) is 4.41. The van der Waals surface area contributed by atoms with Crippen molar-refractivity contribution in [3.8, 4) is 11.1 Å². The van der Waals surface area contributed by atoms with E-state index in [1.54, 1.807) is 24.3 Å². The number of hydrogen-bond donors (Lipinski definition) is 2. The summed E-state index contributed by atoms with van der Waals surface area (Å²) >= 11 is 0. The lowest BCUT2D eigenvalue weighted by Crippen LogP contribution is -2.28.